The molecule has 0 unspecified atom stereocenters. The molecule has 3 aromatic rings. The maximum atomic E-state index is 3.53. The minimum Gasteiger partial charge on any atom is -1.00 e. The Hall–Kier alpha value is -0.803. The smallest absolute Gasteiger partial charge is 1.00 e. The molecule has 0 aliphatic heterocycles. The molecule has 1 aliphatic rings. The van der Waals surface area contributed by atoms with Crippen LogP contribution in [0.4, 0.5) is 0 Å². The zero-order valence-electron chi connectivity index (χ0n) is 23.1. The maximum Gasteiger partial charge on any atom is 4.00 e. The van der Waals surface area contributed by atoms with Gasteiger partial charge in [0.2, 0.25) is 0 Å². The van der Waals surface area contributed by atoms with Crippen molar-refractivity contribution in [2.45, 2.75) is 78.4 Å². The Labute approximate surface area is 248 Å². The Bertz CT molecular complexity index is 972. The van der Waals surface area contributed by atoms with E-state index in [2.05, 4.69) is 135 Å². The molecule has 0 saturated carbocycles. The van der Waals surface area contributed by atoms with Crippen molar-refractivity contribution in [2.24, 2.45) is 0 Å². The SMILES string of the molecule is C=C.CC(C)(C)c1c[c-]c2c(c1)-c1cc(C(C)(C)C)ccc1C2.C[Si](C)(C)c1cc[cH-]c1.[Cl-].[Cl-].[Hf+4]. The Morgan fingerprint density at radius 1 is 0.829 bits per heavy atom. The molecule has 0 nitrogen and oxygen atoms in total. The first-order chi connectivity index (χ1) is 14.8. The van der Waals surface area contributed by atoms with E-state index >= 15 is 0 Å². The third-order valence-corrected chi connectivity index (χ3v) is 8.12. The second kappa shape index (κ2) is 14.2. The van der Waals surface area contributed by atoms with Crippen LogP contribution in [0.15, 0.2) is 67.8 Å². The van der Waals surface area contributed by atoms with Crippen molar-refractivity contribution < 1.29 is 50.7 Å². The van der Waals surface area contributed by atoms with Crippen LogP contribution in [-0.4, -0.2) is 8.07 Å². The monoisotopic (exact) mass is 692 g/mol. The molecule has 35 heavy (non-hydrogen) atoms. The van der Waals surface area contributed by atoms with Gasteiger partial charge >= 0.3 is 25.8 Å². The molecule has 0 aromatic heterocycles. The zero-order chi connectivity index (χ0) is 24.3. The van der Waals surface area contributed by atoms with E-state index < -0.39 is 8.07 Å². The molecule has 3 aromatic carbocycles. The average Bonchev–Trinajstić information content (AvgIpc) is 3.35. The molecule has 1 aliphatic carbocycles. The van der Waals surface area contributed by atoms with E-state index in [1.165, 1.54) is 33.4 Å². The molecular formula is C31H42Cl2HfSi. The van der Waals surface area contributed by atoms with Gasteiger partial charge in [0.1, 0.15) is 0 Å². The standard InChI is InChI=1S/C21H25.C8H13Si.C2H4.2ClH.Hf/c1-20(2,3)16-9-7-14-11-15-8-10-17(21(4,5)6)13-19(15)18(14)12-16;1-9(2,3)8-6-4-5-7-8;1-2;;;/h7,9-10,12-13H,11H2,1-6H3;4-7H,1-3H3;1-2H2;2*1H;/q2*-1;;;;+4/p-2. The summed E-state index contributed by atoms with van der Waals surface area (Å²) in [5, 5.41) is 1.56. The molecule has 0 fully saturated rings. The van der Waals surface area contributed by atoms with Gasteiger partial charge in [-0.15, -0.1) is 18.7 Å². The fourth-order valence-corrected chi connectivity index (χ4v) is 5.05. The van der Waals surface area contributed by atoms with Gasteiger partial charge < -0.3 is 24.8 Å². The summed E-state index contributed by atoms with van der Waals surface area (Å²) in [7, 11) is -0.981. The molecule has 0 heterocycles. The van der Waals surface area contributed by atoms with Gasteiger partial charge in [0.05, 0.1) is 0 Å². The summed E-state index contributed by atoms with van der Waals surface area (Å²) < 4.78 is 0. The summed E-state index contributed by atoms with van der Waals surface area (Å²) in [6.45, 7) is 26.7. The van der Waals surface area contributed by atoms with Crippen LogP contribution in [0.25, 0.3) is 11.1 Å². The van der Waals surface area contributed by atoms with Crippen molar-refractivity contribution in [1.82, 2.24) is 0 Å². The fourth-order valence-electron chi connectivity index (χ4n) is 3.86. The first kappa shape index (κ1) is 36.4. The van der Waals surface area contributed by atoms with Gasteiger partial charge in [0, 0.05) is 8.07 Å². The van der Waals surface area contributed by atoms with Crippen LogP contribution in [0.1, 0.15) is 63.8 Å². The van der Waals surface area contributed by atoms with Crippen molar-refractivity contribution in [3.63, 3.8) is 0 Å². The van der Waals surface area contributed by atoms with Crippen molar-refractivity contribution in [1.29, 1.82) is 0 Å². The number of hydrogen-bond acceptors (Lipinski definition) is 0. The van der Waals surface area contributed by atoms with Gasteiger partial charge in [-0.1, -0.05) is 95.9 Å². The first-order valence-electron chi connectivity index (χ1n) is 11.7. The Morgan fingerprint density at radius 3 is 1.80 bits per heavy atom. The molecule has 0 radical (unpaired) electrons. The molecule has 0 amide bonds. The fraction of sp³-hybridized carbons (Fsp3) is 0.387. The van der Waals surface area contributed by atoms with E-state index in [0.717, 1.165) is 6.42 Å². The maximum absolute atomic E-state index is 3.53. The largest absolute Gasteiger partial charge is 4.00 e. The Kier molecular flexibility index (Phi) is 14.8. The Balaban J connectivity index is 0. The van der Waals surface area contributed by atoms with E-state index in [0.29, 0.717) is 0 Å². The van der Waals surface area contributed by atoms with E-state index in [1.807, 2.05) is 0 Å². The van der Waals surface area contributed by atoms with Gasteiger partial charge in [0.25, 0.3) is 0 Å². The summed E-state index contributed by atoms with van der Waals surface area (Å²) in [5.74, 6) is 0. The van der Waals surface area contributed by atoms with Crippen LogP contribution < -0.4 is 30.0 Å². The number of rotatable bonds is 1. The van der Waals surface area contributed by atoms with Gasteiger partial charge in [-0.2, -0.15) is 47.5 Å². The summed E-state index contributed by atoms with van der Waals surface area (Å²) in [6.07, 6.45) is 1.03. The van der Waals surface area contributed by atoms with Gasteiger partial charge in [0.15, 0.2) is 0 Å². The summed E-state index contributed by atoms with van der Waals surface area (Å²) in [4.78, 5) is 0. The minimum absolute atomic E-state index is 0. The second-order valence-corrected chi connectivity index (χ2v) is 16.8. The molecule has 0 N–H and O–H groups in total. The van der Waals surface area contributed by atoms with Crippen molar-refractivity contribution in [2.75, 3.05) is 0 Å². The van der Waals surface area contributed by atoms with Gasteiger partial charge in [-0.3, -0.25) is 0 Å². The number of fused-ring (bicyclic) bond motifs is 3. The molecule has 4 rings (SSSR count). The third kappa shape index (κ3) is 9.54. The van der Waals surface area contributed by atoms with Crippen LogP contribution >= 0.6 is 0 Å². The average molecular weight is 692 g/mol. The van der Waals surface area contributed by atoms with Crippen LogP contribution in [0, 0.1) is 6.07 Å². The van der Waals surface area contributed by atoms with Crippen molar-refractivity contribution in [3.8, 4) is 11.1 Å². The molecular weight excluding hydrogens is 650 g/mol. The van der Waals surface area contributed by atoms with Crippen LogP contribution in [0.2, 0.25) is 19.6 Å². The number of halogens is 2. The van der Waals surface area contributed by atoms with Crippen LogP contribution in [0.3, 0.4) is 0 Å². The molecule has 188 valence electrons. The Morgan fingerprint density at radius 2 is 1.37 bits per heavy atom. The molecule has 0 bridgehead atoms. The zero-order valence-corrected chi connectivity index (χ0v) is 29.2. The van der Waals surface area contributed by atoms with Gasteiger partial charge in [-0.25, -0.2) is 11.3 Å². The molecule has 4 heteroatoms. The summed E-state index contributed by atoms with van der Waals surface area (Å²) in [6, 6.07) is 23.8. The first-order valence-corrected chi connectivity index (χ1v) is 15.2. The number of benzene rings is 2. The number of hydrogen-bond donors (Lipinski definition) is 0. The van der Waals surface area contributed by atoms with E-state index in [4.69, 9.17) is 0 Å². The summed E-state index contributed by atoms with van der Waals surface area (Å²) in [5.41, 5.74) is 8.76. The molecule has 0 atom stereocenters. The van der Waals surface area contributed by atoms with Gasteiger partial charge in [-0.05, 0) is 17.4 Å². The van der Waals surface area contributed by atoms with Crippen LogP contribution in [0.5, 0.6) is 0 Å². The topological polar surface area (TPSA) is 0 Å². The van der Waals surface area contributed by atoms with Crippen molar-refractivity contribution in [3.05, 3.63) is 96.1 Å². The van der Waals surface area contributed by atoms with Crippen LogP contribution in [-0.2, 0) is 43.1 Å². The van der Waals surface area contributed by atoms with Crippen molar-refractivity contribution >= 4 is 13.3 Å². The quantitative estimate of drug-likeness (QED) is 0.164. The third-order valence-electron chi connectivity index (χ3n) is 6.05. The predicted molar refractivity (Wildman–Crippen MR) is 147 cm³/mol. The van der Waals surface area contributed by atoms with E-state index in [9.17, 15) is 0 Å². The predicted octanol–water partition coefficient (Wildman–Crippen LogP) is 2.41. The van der Waals surface area contributed by atoms with E-state index in [-0.39, 0.29) is 61.5 Å². The minimum atomic E-state index is -0.981. The molecule has 0 saturated heterocycles. The summed E-state index contributed by atoms with van der Waals surface area (Å²) >= 11 is 0. The van der Waals surface area contributed by atoms with E-state index in [1.54, 1.807) is 5.19 Å². The molecule has 0 spiro atoms. The second-order valence-electron chi connectivity index (χ2n) is 11.8. The normalized spacial score (nSPS) is 11.6.